The number of benzene rings is 14. The second kappa shape index (κ2) is 31.1. The van der Waals surface area contributed by atoms with Gasteiger partial charge in [0.25, 0.3) is 0 Å². The molecule has 0 aliphatic heterocycles. The van der Waals surface area contributed by atoms with Gasteiger partial charge in [0.1, 0.15) is 0 Å². The molecular weight excluding hydrogens is 1280 g/mol. The summed E-state index contributed by atoms with van der Waals surface area (Å²) in [5.74, 6) is 0. The minimum absolute atomic E-state index is 1.07. The standard InChI is InChI=1S/C103H91N3/c1-72-16-44-86(45-17-72)100(87-46-18-73(2)19-47-87)68-85-42-58-93(59-43-85)106(90-52-24-76(5)25-53-90)96-62-65-99-102-70-94(104(88-48-20-74(3)21-49-88)91-54-38-79(39-55-91)28-26-77-30-34-83(35-31-77)66-81-12-8-6-9-13-81)60-63-97(102)101-69-95(61-64-98(101)103(99)71-96)105(89-50-22-75(4)23-51-89)92-56-40-80(41-57-92)29-27-78-32-36-84(37-33-78)67-82-14-10-7-11-15-82/h16-71H,6-15H2,1-5H3/b28-26+,29-27+. The number of allylic oxidation sites excluding steroid dienone is 2. The van der Waals surface area contributed by atoms with Crippen LogP contribution in [0.2, 0.25) is 0 Å². The minimum atomic E-state index is 1.07. The largest absolute Gasteiger partial charge is 0.310 e. The van der Waals surface area contributed by atoms with Gasteiger partial charge in [-0.1, -0.05) is 276 Å². The van der Waals surface area contributed by atoms with Crippen molar-refractivity contribution in [3.8, 4) is 0 Å². The molecule has 0 heterocycles. The SMILES string of the molecule is Cc1ccc(C(=Cc2ccc(N(c3ccc(C)cc3)c3ccc4c(c3)c3ccc(N(c5ccc(C)cc5)c5ccc(/C=C/c6ccc(C=C7CCCCC7)cc6)cc5)cc3c3ccc(N(c5ccc(C)cc5)c5ccc(/C=C/c6ccc(C=C7CCCCC7)cc6)cc5)cc43)cc2)c2ccc(C)cc2)cc1. The summed E-state index contributed by atoms with van der Waals surface area (Å²) in [6.07, 6.45) is 28.9. The van der Waals surface area contributed by atoms with Crippen LogP contribution in [0.15, 0.2) is 308 Å². The predicted molar refractivity (Wildman–Crippen MR) is 459 cm³/mol. The molecule has 2 saturated carbocycles. The van der Waals surface area contributed by atoms with Crippen LogP contribution in [0.5, 0.6) is 0 Å². The van der Waals surface area contributed by atoms with E-state index in [1.165, 1.54) is 163 Å². The Morgan fingerprint density at radius 2 is 0.443 bits per heavy atom. The number of nitrogens with zero attached hydrogens (tertiary/aromatic N) is 3. The molecule has 16 rings (SSSR count). The van der Waals surface area contributed by atoms with Gasteiger partial charge in [-0.05, 0) is 289 Å². The molecule has 0 bridgehead atoms. The number of anilines is 9. The number of hydrogen-bond donors (Lipinski definition) is 0. The summed E-state index contributed by atoms with van der Waals surface area (Å²) in [5, 5.41) is 7.06. The molecule has 0 spiro atoms. The first-order valence-corrected chi connectivity index (χ1v) is 38.2. The number of aryl methyl sites for hydroxylation is 5. The maximum Gasteiger partial charge on any atom is 0.0468 e. The molecule has 0 unspecified atom stereocenters. The van der Waals surface area contributed by atoms with E-state index in [2.05, 4.69) is 389 Å². The van der Waals surface area contributed by atoms with Gasteiger partial charge in [0.15, 0.2) is 0 Å². The molecule has 2 aliphatic rings. The van der Waals surface area contributed by atoms with Crippen molar-refractivity contribution in [2.24, 2.45) is 0 Å². The Labute approximate surface area is 627 Å². The summed E-state index contributed by atoms with van der Waals surface area (Å²) in [7, 11) is 0. The lowest BCUT2D eigenvalue weighted by atomic mass is 9.92. The Morgan fingerprint density at radius 3 is 0.726 bits per heavy atom. The minimum Gasteiger partial charge on any atom is -0.310 e. The van der Waals surface area contributed by atoms with Crippen molar-refractivity contribution in [3.05, 3.63) is 386 Å². The van der Waals surface area contributed by atoms with Crippen LogP contribution >= 0.6 is 0 Å². The van der Waals surface area contributed by atoms with Gasteiger partial charge < -0.3 is 14.7 Å². The third-order valence-electron chi connectivity index (χ3n) is 21.6. The molecule has 518 valence electrons. The monoisotopic (exact) mass is 1370 g/mol. The quantitative estimate of drug-likeness (QED) is 0.0626. The molecule has 3 heteroatoms. The van der Waals surface area contributed by atoms with Crippen molar-refractivity contribution in [1.82, 2.24) is 0 Å². The number of rotatable bonds is 18. The predicted octanol–water partition coefficient (Wildman–Crippen LogP) is 29.7. The van der Waals surface area contributed by atoms with E-state index in [0.717, 1.165) is 67.9 Å². The van der Waals surface area contributed by atoms with E-state index in [1.807, 2.05) is 0 Å². The highest BCUT2D eigenvalue weighted by Gasteiger charge is 2.22. The number of hydrogen-bond acceptors (Lipinski definition) is 3. The molecule has 0 aromatic heterocycles. The first kappa shape index (κ1) is 68.4. The van der Waals surface area contributed by atoms with Crippen LogP contribution in [-0.2, 0) is 0 Å². The average Bonchev–Trinajstić information content (AvgIpc) is 0.727. The molecule has 0 amide bonds. The second-order valence-corrected chi connectivity index (χ2v) is 29.5. The fourth-order valence-corrected chi connectivity index (χ4v) is 15.5. The van der Waals surface area contributed by atoms with Gasteiger partial charge in [-0.2, -0.15) is 0 Å². The first-order chi connectivity index (χ1) is 52.0. The zero-order valence-electron chi connectivity index (χ0n) is 61.7. The van der Waals surface area contributed by atoms with Crippen molar-refractivity contribution in [2.45, 2.75) is 98.8 Å². The van der Waals surface area contributed by atoms with Crippen LogP contribution in [0.3, 0.4) is 0 Å². The zero-order chi connectivity index (χ0) is 71.9. The lowest BCUT2D eigenvalue weighted by molar-refractivity contribution is 0.602. The van der Waals surface area contributed by atoms with E-state index in [0.29, 0.717) is 0 Å². The maximum atomic E-state index is 2.44. The van der Waals surface area contributed by atoms with Crippen molar-refractivity contribution in [1.29, 1.82) is 0 Å². The van der Waals surface area contributed by atoms with Crippen molar-refractivity contribution >= 4 is 132 Å². The molecule has 0 saturated heterocycles. The third-order valence-corrected chi connectivity index (χ3v) is 21.6. The van der Waals surface area contributed by atoms with Crippen LogP contribution in [0.1, 0.15) is 142 Å². The smallest absolute Gasteiger partial charge is 0.0468 e. The van der Waals surface area contributed by atoms with Gasteiger partial charge in [0.05, 0.1) is 0 Å². The average molecular weight is 1370 g/mol. The third kappa shape index (κ3) is 15.6. The van der Waals surface area contributed by atoms with Crippen molar-refractivity contribution in [3.63, 3.8) is 0 Å². The van der Waals surface area contributed by atoms with Gasteiger partial charge in [0.2, 0.25) is 0 Å². The molecule has 0 N–H and O–H groups in total. The highest BCUT2D eigenvalue weighted by Crippen LogP contribution is 2.47. The van der Waals surface area contributed by atoms with E-state index < -0.39 is 0 Å². The zero-order valence-corrected chi connectivity index (χ0v) is 61.7. The molecule has 3 nitrogen and oxygen atoms in total. The first-order valence-electron chi connectivity index (χ1n) is 38.2. The van der Waals surface area contributed by atoms with Gasteiger partial charge in [-0.3, -0.25) is 0 Å². The Hall–Kier alpha value is -12.0. The molecule has 14 aromatic carbocycles. The lowest BCUT2D eigenvalue weighted by Gasteiger charge is -2.28. The van der Waals surface area contributed by atoms with Crippen LogP contribution < -0.4 is 14.7 Å². The summed E-state index contributed by atoms with van der Waals surface area (Å²) >= 11 is 0. The van der Waals surface area contributed by atoms with Crippen LogP contribution in [0, 0.1) is 34.6 Å². The van der Waals surface area contributed by atoms with E-state index in [-0.39, 0.29) is 0 Å². The van der Waals surface area contributed by atoms with E-state index >= 15 is 0 Å². The van der Waals surface area contributed by atoms with Crippen molar-refractivity contribution in [2.75, 3.05) is 14.7 Å². The molecule has 0 radical (unpaired) electrons. The Balaban J connectivity index is 0.812. The molecule has 2 fully saturated rings. The summed E-state index contributed by atoms with van der Waals surface area (Å²) in [6.45, 7) is 10.8. The van der Waals surface area contributed by atoms with Crippen LogP contribution in [-0.4, -0.2) is 0 Å². The summed E-state index contributed by atoms with van der Waals surface area (Å²) in [6, 6.07) is 111. The van der Waals surface area contributed by atoms with Crippen molar-refractivity contribution < 1.29 is 0 Å². The van der Waals surface area contributed by atoms with Crippen LogP contribution in [0.4, 0.5) is 51.2 Å². The Kier molecular flexibility index (Phi) is 20.1. The van der Waals surface area contributed by atoms with Gasteiger partial charge in [0, 0.05) is 51.2 Å². The highest BCUT2D eigenvalue weighted by atomic mass is 15.2. The molecule has 0 atom stereocenters. The van der Waals surface area contributed by atoms with E-state index in [1.54, 1.807) is 11.1 Å². The molecule has 106 heavy (non-hydrogen) atoms. The topological polar surface area (TPSA) is 9.72 Å². The summed E-state index contributed by atoms with van der Waals surface area (Å²) in [5.41, 5.74) is 31.0. The highest BCUT2D eigenvalue weighted by molar-refractivity contribution is 6.27. The van der Waals surface area contributed by atoms with E-state index in [9.17, 15) is 0 Å². The van der Waals surface area contributed by atoms with Gasteiger partial charge >= 0.3 is 0 Å². The fourth-order valence-electron chi connectivity index (χ4n) is 15.5. The second-order valence-electron chi connectivity index (χ2n) is 29.5. The van der Waals surface area contributed by atoms with Gasteiger partial charge in [-0.25, -0.2) is 0 Å². The Bertz CT molecular complexity index is 5330. The fraction of sp³-hybridized carbons (Fsp3) is 0.146. The molecule has 14 aromatic rings. The Morgan fingerprint density at radius 1 is 0.217 bits per heavy atom. The lowest BCUT2D eigenvalue weighted by Crippen LogP contribution is -2.11. The normalized spacial score (nSPS) is 13.2. The molecular formula is C103H91N3. The number of fused-ring (bicyclic) bond motifs is 6. The summed E-state index contributed by atoms with van der Waals surface area (Å²) in [4.78, 5) is 7.25. The van der Waals surface area contributed by atoms with Gasteiger partial charge in [-0.15, -0.1) is 0 Å². The molecule has 2 aliphatic carbocycles. The summed E-state index contributed by atoms with van der Waals surface area (Å²) < 4.78 is 0. The maximum absolute atomic E-state index is 2.44. The van der Waals surface area contributed by atoms with Crippen LogP contribution in [0.25, 0.3) is 80.4 Å². The van der Waals surface area contributed by atoms with E-state index in [4.69, 9.17) is 0 Å².